The number of anilines is 1. The number of amides is 2. The van der Waals surface area contributed by atoms with Crippen molar-refractivity contribution in [1.29, 1.82) is 0 Å². The first-order chi connectivity index (χ1) is 11.1. The Morgan fingerprint density at radius 1 is 1.30 bits per heavy atom. The van der Waals surface area contributed by atoms with Crippen molar-refractivity contribution >= 4 is 11.7 Å². The summed E-state index contributed by atoms with van der Waals surface area (Å²) in [6.45, 7) is 6.53. The first-order valence-electron chi connectivity index (χ1n) is 8.65. The number of hydrogen-bond acceptors (Lipinski definition) is 3. The van der Waals surface area contributed by atoms with E-state index in [4.69, 9.17) is 4.74 Å². The molecule has 2 amide bonds. The minimum absolute atomic E-state index is 0.184. The van der Waals surface area contributed by atoms with Gasteiger partial charge in [0.1, 0.15) is 5.75 Å². The van der Waals surface area contributed by atoms with Crippen molar-refractivity contribution in [3.8, 4) is 5.75 Å². The molecular weight excluding hydrogens is 290 g/mol. The van der Waals surface area contributed by atoms with Crippen LogP contribution in [0.25, 0.3) is 0 Å². The summed E-state index contributed by atoms with van der Waals surface area (Å²) in [5, 5.41) is 9.32. The van der Waals surface area contributed by atoms with Crippen molar-refractivity contribution in [2.75, 3.05) is 25.0 Å². The lowest BCUT2D eigenvalue weighted by Crippen LogP contribution is -2.42. The Balaban J connectivity index is 1.82. The van der Waals surface area contributed by atoms with Gasteiger partial charge in [-0.15, -0.1) is 0 Å². The molecule has 1 aromatic rings. The molecule has 1 aliphatic rings. The average Bonchev–Trinajstić information content (AvgIpc) is 2.81. The Kier molecular flexibility index (Phi) is 7.20. The van der Waals surface area contributed by atoms with Crippen LogP contribution < -0.4 is 20.7 Å². The largest absolute Gasteiger partial charge is 0.491 e. The quantitative estimate of drug-likeness (QED) is 0.753. The van der Waals surface area contributed by atoms with Crippen LogP contribution in [-0.2, 0) is 0 Å². The van der Waals surface area contributed by atoms with Crippen LogP contribution in [0.4, 0.5) is 10.5 Å². The summed E-state index contributed by atoms with van der Waals surface area (Å²) in [4.78, 5) is 12.1. The van der Waals surface area contributed by atoms with E-state index in [2.05, 4.69) is 29.8 Å². The standard InChI is InChI=1S/C18H29N3O2/c1-14(2)13-23-17-10-6-5-9-16(17)21-18(22)20-12-15-8-4-3-7-11-19-15/h5-6,9-10,14-15,19H,3-4,7-8,11-13H2,1-2H3,(H2,20,21,22)/t15-/m0/s1. The molecule has 0 aromatic heterocycles. The zero-order valence-corrected chi connectivity index (χ0v) is 14.2. The molecule has 1 fully saturated rings. The molecule has 1 heterocycles. The number of urea groups is 1. The van der Waals surface area contributed by atoms with Gasteiger partial charge in [-0.05, 0) is 37.4 Å². The van der Waals surface area contributed by atoms with Gasteiger partial charge in [-0.1, -0.05) is 38.8 Å². The number of ether oxygens (including phenoxy) is 1. The number of carbonyl (C=O) groups is 1. The summed E-state index contributed by atoms with van der Waals surface area (Å²) in [5.41, 5.74) is 0.708. The minimum atomic E-state index is -0.184. The van der Waals surface area contributed by atoms with Gasteiger partial charge in [0.2, 0.25) is 0 Å². The molecule has 2 rings (SSSR count). The van der Waals surface area contributed by atoms with E-state index in [1.807, 2.05) is 24.3 Å². The van der Waals surface area contributed by atoms with Gasteiger partial charge >= 0.3 is 6.03 Å². The van der Waals surface area contributed by atoms with Crippen molar-refractivity contribution in [2.24, 2.45) is 5.92 Å². The van der Waals surface area contributed by atoms with E-state index in [1.165, 1.54) is 19.3 Å². The van der Waals surface area contributed by atoms with Gasteiger partial charge < -0.3 is 20.7 Å². The number of para-hydroxylation sites is 2. The van der Waals surface area contributed by atoms with E-state index in [0.717, 1.165) is 13.0 Å². The Bertz CT molecular complexity index is 483. The Hall–Kier alpha value is -1.75. The molecular formula is C18H29N3O2. The maximum absolute atomic E-state index is 12.1. The van der Waals surface area contributed by atoms with Gasteiger partial charge in [0.15, 0.2) is 0 Å². The van der Waals surface area contributed by atoms with Crippen LogP contribution in [0.15, 0.2) is 24.3 Å². The van der Waals surface area contributed by atoms with Crippen LogP contribution >= 0.6 is 0 Å². The van der Waals surface area contributed by atoms with E-state index in [-0.39, 0.29) is 6.03 Å². The normalized spacial score (nSPS) is 18.3. The fourth-order valence-corrected chi connectivity index (χ4v) is 2.61. The highest BCUT2D eigenvalue weighted by molar-refractivity contribution is 5.90. The Morgan fingerprint density at radius 2 is 2.13 bits per heavy atom. The van der Waals surface area contributed by atoms with Crippen molar-refractivity contribution in [3.63, 3.8) is 0 Å². The number of rotatable bonds is 6. The highest BCUT2D eigenvalue weighted by atomic mass is 16.5. The number of carbonyl (C=O) groups excluding carboxylic acids is 1. The summed E-state index contributed by atoms with van der Waals surface area (Å²) >= 11 is 0. The van der Waals surface area contributed by atoms with Crippen LogP contribution in [0.2, 0.25) is 0 Å². The molecule has 5 nitrogen and oxygen atoms in total. The van der Waals surface area contributed by atoms with Crippen LogP contribution in [0.5, 0.6) is 5.75 Å². The lowest BCUT2D eigenvalue weighted by Gasteiger charge is -2.18. The zero-order valence-electron chi connectivity index (χ0n) is 14.2. The number of hydrogen-bond donors (Lipinski definition) is 3. The van der Waals surface area contributed by atoms with Gasteiger partial charge in [-0.3, -0.25) is 0 Å². The van der Waals surface area contributed by atoms with Crippen molar-refractivity contribution < 1.29 is 9.53 Å². The zero-order chi connectivity index (χ0) is 16.5. The van der Waals surface area contributed by atoms with Gasteiger partial charge in [-0.2, -0.15) is 0 Å². The van der Waals surface area contributed by atoms with Crippen molar-refractivity contribution in [1.82, 2.24) is 10.6 Å². The second kappa shape index (κ2) is 9.40. The molecule has 5 heteroatoms. The summed E-state index contributed by atoms with van der Waals surface area (Å²) in [5.74, 6) is 1.15. The fourth-order valence-electron chi connectivity index (χ4n) is 2.61. The maximum Gasteiger partial charge on any atom is 0.319 e. The average molecular weight is 319 g/mol. The topological polar surface area (TPSA) is 62.4 Å². The van der Waals surface area contributed by atoms with E-state index >= 15 is 0 Å². The summed E-state index contributed by atoms with van der Waals surface area (Å²) in [7, 11) is 0. The monoisotopic (exact) mass is 319 g/mol. The molecule has 1 atom stereocenters. The molecule has 0 aliphatic carbocycles. The summed E-state index contributed by atoms with van der Waals surface area (Å²) in [6, 6.07) is 7.73. The van der Waals surface area contributed by atoms with Crippen LogP contribution in [-0.4, -0.2) is 31.8 Å². The van der Waals surface area contributed by atoms with Crippen molar-refractivity contribution in [3.05, 3.63) is 24.3 Å². The molecule has 128 valence electrons. The molecule has 1 aliphatic heterocycles. The molecule has 0 radical (unpaired) electrons. The Morgan fingerprint density at radius 3 is 2.96 bits per heavy atom. The second-order valence-corrected chi connectivity index (χ2v) is 6.54. The molecule has 0 saturated carbocycles. The van der Waals surface area contributed by atoms with Gasteiger partial charge in [0.25, 0.3) is 0 Å². The fraction of sp³-hybridized carbons (Fsp3) is 0.611. The molecule has 23 heavy (non-hydrogen) atoms. The van der Waals surface area contributed by atoms with E-state index in [1.54, 1.807) is 0 Å². The molecule has 1 saturated heterocycles. The predicted molar refractivity (Wildman–Crippen MR) is 94.1 cm³/mol. The van der Waals surface area contributed by atoms with E-state index in [0.29, 0.717) is 36.5 Å². The van der Waals surface area contributed by atoms with Crippen LogP contribution in [0.3, 0.4) is 0 Å². The van der Waals surface area contributed by atoms with Gasteiger partial charge in [-0.25, -0.2) is 4.79 Å². The first-order valence-corrected chi connectivity index (χ1v) is 8.65. The van der Waals surface area contributed by atoms with E-state index in [9.17, 15) is 4.79 Å². The highest BCUT2D eigenvalue weighted by Crippen LogP contribution is 2.24. The van der Waals surface area contributed by atoms with Crippen LogP contribution in [0, 0.1) is 5.92 Å². The minimum Gasteiger partial charge on any atom is -0.491 e. The summed E-state index contributed by atoms with van der Waals surface area (Å²) < 4.78 is 5.76. The molecule has 1 aromatic carbocycles. The predicted octanol–water partition coefficient (Wildman–Crippen LogP) is 3.38. The number of nitrogens with one attached hydrogen (secondary N) is 3. The molecule has 0 spiro atoms. The lowest BCUT2D eigenvalue weighted by atomic mass is 10.1. The first kappa shape index (κ1) is 17.6. The van der Waals surface area contributed by atoms with Gasteiger partial charge in [0.05, 0.1) is 12.3 Å². The van der Waals surface area contributed by atoms with Crippen molar-refractivity contribution in [2.45, 2.75) is 45.6 Å². The Labute approximate surface area is 139 Å². The third kappa shape index (κ3) is 6.48. The highest BCUT2D eigenvalue weighted by Gasteiger charge is 2.13. The van der Waals surface area contributed by atoms with E-state index < -0.39 is 0 Å². The summed E-state index contributed by atoms with van der Waals surface area (Å²) in [6.07, 6.45) is 4.85. The maximum atomic E-state index is 12.1. The number of benzene rings is 1. The van der Waals surface area contributed by atoms with Crippen LogP contribution in [0.1, 0.15) is 39.5 Å². The van der Waals surface area contributed by atoms with Gasteiger partial charge in [0, 0.05) is 12.6 Å². The SMILES string of the molecule is CC(C)COc1ccccc1NC(=O)NC[C@@H]1CCCCCN1. The lowest BCUT2D eigenvalue weighted by molar-refractivity contribution is 0.250. The smallest absolute Gasteiger partial charge is 0.319 e. The molecule has 0 unspecified atom stereocenters. The third-order valence-corrected chi connectivity index (χ3v) is 3.88. The molecule has 0 bridgehead atoms. The molecule has 3 N–H and O–H groups in total. The second-order valence-electron chi connectivity index (χ2n) is 6.54. The third-order valence-electron chi connectivity index (χ3n) is 3.88.